The molecule has 2 amide bonds. The Morgan fingerprint density at radius 2 is 1.72 bits per heavy atom. The third-order valence-corrected chi connectivity index (χ3v) is 12.7. The molecule has 4 N–H and O–H groups in total. The van der Waals surface area contributed by atoms with Crippen LogP contribution >= 0.6 is 23.5 Å². The molecule has 5 rings (SSSR count). The Morgan fingerprint density at radius 1 is 1.00 bits per heavy atom. The van der Waals surface area contributed by atoms with Crippen molar-refractivity contribution >= 4 is 35.5 Å². The van der Waals surface area contributed by atoms with E-state index in [1.807, 2.05) is 63.5 Å². The van der Waals surface area contributed by atoms with Gasteiger partial charge in [-0.2, -0.15) is 0 Å². The summed E-state index contributed by atoms with van der Waals surface area (Å²) in [7, 11) is 4.09. The number of hydrogen-bond donors (Lipinski definition) is 4. The minimum Gasteiger partial charge on any atom is -0.445 e. The second-order valence-electron chi connectivity index (χ2n) is 15.5. The molecule has 0 radical (unpaired) electrons. The Balaban J connectivity index is 1.42. The monoisotopic (exact) mass is 773 g/mol. The van der Waals surface area contributed by atoms with Crippen molar-refractivity contribution in [3.8, 4) is 0 Å². The highest BCUT2D eigenvalue weighted by atomic mass is 32.2. The zero-order chi connectivity index (χ0) is 38.2. The molecule has 2 aromatic rings. The summed E-state index contributed by atoms with van der Waals surface area (Å²) < 4.78 is 18.5. The maximum atomic E-state index is 14.7. The molecule has 13 heteroatoms. The van der Waals surface area contributed by atoms with E-state index < -0.39 is 60.0 Å². The quantitative estimate of drug-likeness (QED) is 0.203. The van der Waals surface area contributed by atoms with Crippen LogP contribution in [0.4, 0.5) is 4.79 Å². The van der Waals surface area contributed by atoms with Crippen molar-refractivity contribution in [1.82, 2.24) is 15.1 Å². The average Bonchev–Trinajstić information content (AvgIpc) is 3.38. The second kappa shape index (κ2) is 19.5. The smallest absolute Gasteiger partial charge is 0.410 e. The molecule has 3 saturated heterocycles. The van der Waals surface area contributed by atoms with E-state index in [2.05, 4.69) is 36.2 Å². The first-order valence-electron chi connectivity index (χ1n) is 18.9. The van der Waals surface area contributed by atoms with Crippen molar-refractivity contribution in [2.45, 2.75) is 111 Å². The van der Waals surface area contributed by atoms with Crippen molar-refractivity contribution in [3.63, 3.8) is 0 Å². The Kier molecular flexibility index (Phi) is 15.4. The first kappa shape index (κ1) is 41.8. The van der Waals surface area contributed by atoms with Crippen LogP contribution in [0.1, 0.15) is 51.2 Å². The van der Waals surface area contributed by atoms with Crippen LogP contribution < -0.4 is 5.32 Å². The zero-order valence-electron chi connectivity index (χ0n) is 31.9. The first-order chi connectivity index (χ1) is 25.4. The van der Waals surface area contributed by atoms with Crippen molar-refractivity contribution in [3.05, 3.63) is 65.7 Å². The van der Waals surface area contributed by atoms with Crippen molar-refractivity contribution in [2.75, 3.05) is 40.0 Å². The summed E-state index contributed by atoms with van der Waals surface area (Å²) in [4.78, 5) is 33.2. The summed E-state index contributed by atoms with van der Waals surface area (Å²) in [5.41, 5.74) is 1.22. The Bertz CT molecular complexity index is 1450. The van der Waals surface area contributed by atoms with Crippen LogP contribution in [0.2, 0.25) is 0 Å². The SMILES string of the molecule is CSC1O[C@H]([C@H](NC(=O)[C@@H]2[C@@H]3OCC[C@@H](CC(C)C)C[C@H]3CN2C(=O)OCc2ccccc2)[C@H](C)Sc2ccc(CCN(C)C)cc2)C(O)C(O)[C@H]1O. The third kappa shape index (κ3) is 10.9. The van der Waals surface area contributed by atoms with Gasteiger partial charge in [0.2, 0.25) is 5.91 Å². The molecule has 3 aliphatic rings. The van der Waals surface area contributed by atoms with Crippen LogP contribution in [0.5, 0.6) is 0 Å². The van der Waals surface area contributed by atoms with E-state index in [1.54, 1.807) is 6.26 Å². The molecule has 294 valence electrons. The van der Waals surface area contributed by atoms with Crippen molar-refractivity contribution in [1.29, 1.82) is 0 Å². The van der Waals surface area contributed by atoms with E-state index in [9.17, 15) is 24.9 Å². The van der Waals surface area contributed by atoms with Crippen LogP contribution in [0.25, 0.3) is 0 Å². The maximum Gasteiger partial charge on any atom is 0.410 e. The van der Waals surface area contributed by atoms with Crippen molar-refractivity contribution in [2.24, 2.45) is 17.8 Å². The molecule has 3 aliphatic heterocycles. The normalized spacial score (nSPS) is 30.1. The van der Waals surface area contributed by atoms with Gasteiger partial charge in [-0.05, 0) is 81.1 Å². The summed E-state index contributed by atoms with van der Waals surface area (Å²) in [6.07, 6.45) is -1.03. The molecule has 0 aromatic heterocycles. The van der Waals surface area contributed by atoms with Crippen LogP contribution in [-0.2, 0) is 32.0 Å². The van der Waals surface area contributed by atoms with Gasteiger partial charge in [-0.1, -0.05) is 63.2 Å². The van der Waals surface area contributed by atoms with E-state index >= 15 is 0 Å². The number of nitrogens with one attached hydrogen (secondary N) is 1. The number of carbonyl (C=O) groups excluding carboxylic acids is 2. The number of aliphatic hydroxyl groups excluding tert-OH is 3. The summed E-state index contributed by atoms with van der Waals surface area (Å²) in [5.74, 6) is 0.422. The molecule has 3 heterocycles. The molecular formula is C40H59N3O8S2. The van der Waals surface area contributed by atoms with E-state index in [0.29, 0.717) is 25.0 Å². The molecule has 0 saturated carbocycles. The number of thioether (sulfide) groups is 2. The predicted octanol–water partition coefficient (Wildman–Crippen LogP) is 4.41. The molecule has 3 fully saturated rings. The highest BCUT2D eigenvalue weighted by molar-refractivity contribution is 8.00. The molecule has 0 spiro atoms. The van der Waals surface area contributed by atoms with Gasteiger partial charge < -0.3 is 39.7 Å². The highest BCUT2D eigenvalue weighted by Crippen LogP contribution is 2.39. The number of likely N-dealkylation sites (tertiary alicyclic amines) is 1. The predicted molar refractivity (Wildman–Crippen MR) is 209 cm³/mol. The standard InChI is InChI=1S/C40H59N3O8S2/c1-24(2)20-28-17-19-49-36-29(21-28)22-43(40(48)50-23-27-10-8-7-9-11-27)32(36)38(47)41-31(37-34(45)33(44)35(46)39(51-37)52-6)25(3)53-30-14-12-26(13-15-30)16-18-42(4)5/h7-15,24-25,28-29,31-37,39,44-46H,16-23H2,1-6H3,(H,41,47)/t25-,28-,29-,31+,32-,33?,34?,35+,36+,37+,39?/m0/s1. The van der Waals surface area contributed by atoms with Crippen LogP contribution in [0, 0.1) is 17.8 Å². The third-order valence-electron chi connectivity index (χ3n) is 10.6. The lowest BCUT2D eigenvalue weighted by atomic mass is 9.85. The molecule has 3 unspecified atom stereocenters. The van der Waals surface area contributed by atoms with Gasteiger partial charge in [0.15, 0.2) is 0 Å². The average molecular weight is 774 g/mol. The van der Waals surface area contributed by atoms with E-state index in [0.717, 1.165) is 42.7 Å². The van der Waals surface area contributed by atoms with Gasteiger partial charge in [-0.25, -0.2) is 4.79 Å². The summed E-state index contributed by atoms with van der Waals surface area (Å²) in [6, 6.07) is 15.9. The number of amides is 2. The Morgan fingerprint density at radius 3 is 2.38 bits per heavy atom. The minimum atomic E-state index is -1.48. The molecular weight excluding hydrogens is 715 g/mol. The fraction of sp³-hybridized carbons (Fsp3) is 0.650. The number of benzene rings is 2. The fourth-order valence-corrected chi connectivity index (χ4v) is 9.65. The molecule has 0 bridgehead atoms. The lowest BCUT2D eigenvalue weighted by Gasteiger charge is -2.45. The van der Waals surface area contributed by atoms with Crippen molar-refractivity contribution < 1.29 is 39.1 Å². The van der Waals surface area contributed by atoms with Gasteiger partial charge in [0.1, 0.15) is 42.5 Å². The first-order valence-corrected chi connectivity index (χ1v) is 21.0. The number of fused-ring (bicyclic) bond motifs is 1. The Hall–Kier alpha value is -2.36. The summed E-state index contributed by atoms with van der Waals surface area (Å²) >= 11 is 2.74. The lowest BCUT2D eigenvalue weighted by Crippen LogP contribution is -2.66. The number of nitrogens with zero attached hydrogens (tertiary/aromatic N) is 2. The molecule has 53 heavy (non-hydrogen) atoms. The lowest BCUT2D eigenvalue weighted by molar-refractivity contribution is -0.205. The number of carbonyl (C=O) groups is 2. The fourth-order valence-electron chi connectivity index (χ4n) is 7.88. The number of hydrogen-bond acceptors (Lipinski definition) is 11. The van der Waals surface area contributed by atoms with Gasteiger partial charge in [-0.15, -0.1) is 23.5 Å². The molecule has 11 atom stereocenters. The number of rotatable bonds is 14. The zero-order valence-corrected chi connectivity index (χ0v) is 33.5. The topological polar surface area (TPSA) is 141 Å². The number of aliphatic hydroxyl groups is 3. The highest BCUT2D eigenvalue weighted by Gasteiger charge is 2.53. The number of ether oxygens (including phenoxy) is 3. The van der Waals surface area contributed by atoms with Crippen LogP contribution in [-0.4, -0.2) is 130 Å². The summed E-state index contributed by atoms with van der Waals surface area (Å²) in [6.45, 7) is 8.17. The van der Waals surface area contributed by atoms with E-state index in [4.69, 9.17) is 14.2 Å². The number of likely N-dealkylation sites (N-methyl/N-ethyl adjacent to an activating group) is 1. The molecule has 11 nitrogen and oxygen atoms in total. The van der Waals surface area contributed by atoms with Crippen LogP contribution in [0.15, 0.2) is 59.5 Å². The van der Waals surface area contributed by atoms with Gasteiger partial charge in [0.05, 0.1) is 12.1 Å². The summed E-state index contributed by atoms with van der Waals surface area (Å²) in [5, 5.41) is 35.8. The molecule has 0 aliphatic carbocycles. The largest absolute Gasteiger partial charge is 0.445 e. The van der Waals surface area contributed by atoms with Crippen LogP contribution in [0.3, 0.4) is 0 Å². The van der Waals surface area contributed by atoms with E-state index in [1.165, 1.54) is 34.0 Å². The molecule has 2 aromatic carbocycles. The van der Waals surface area contributed by atoms with E-state index in [-0.39, 0.29) is 17.8 Å². The Labute approximate surface area is 323 Å². The van der Waals surface area contributed by atoms with Gasteiger partial charge >= 0.3 is 6.09 Å². The second-order valence-corrected chi connectivity index (χ2v) is 17.9. The maximum absolute atomic E-state index is 14.7. The van der Waals surface area contributed by atoms with Gasteiger partial charge in [0.25, 0.3) is 0 Å². The van der Waals surface area contributed by atoms with Gasteiger partial charge in [0, 0.05) is 35.8 Å². The minimum absolute atomic E-state index is 0.0631. The van der Waals surface area contributed by atoms with Gasteiger partial charge in [-0.3, -0.25) is 9.69 Å².